The molecule has 2 rings (SSSR count). The first-order chi connectivity index (χ1) is 10.2. The Balaban J connectivity index is 2.28. The molecule has 0 radical (unpaired) electrons. The minimum Gasteiger partial charge on any atom is -0.408 e. The van der Waals surface area contributed by atoms with Crippen molar-refractivity contribution in [3.05, 3.63) is 34.3 Å². The summed E-state index contributed by atoms with van der Waals surface area (Å²) in [4.78, 5) is 11.8. The van der Waals surface area contributed by atoms with Crippen molar-refractivity contribution in [2.45, 2.75) is 59.0 Å². The standard InChI is InChI=1S/C17H26N2O2/c1-4-7-8-9-14(18-5-2)13-10-11-15-16(12-13)21-17(20)19(15)6-3/h10-12,14,18H,4-9H2,1-3H3. The Bertz CT molecular complexity index is 627. The zero-order valence-corrected chi connectivity index (χ0v) is 13.3. The molecular weight excluding hydrogens is 264 g/mol. The number of unbranched alkanes of at least 4 members (excludes halogenated alkanes) is 2. The first-order valence-corrected chi connectivity index (χ1v) is 8.07. The van der Waals surface area contributed by atoms with Crippen LogP contribution < -0.4 is 11.1 Å². The van der Waals surface area contributed by atoms with Crippen molar-refractivity contribution in [1.29, 1.82) is 0 Å². The van der Waals surface area contributed by atoms with Gasteiger partial charge in [-0.15, -0.1) is 0 Å². The van der Waals surface area contributed by atoms with Gasteiger partial charge in [-0.2, -0.15) is 0 Å². The van der Waals surface area contributed by atoms with Crippen molar-refractivity contribution >= 4 is 11.1 Å². The highest BCUT2D eigenvalue weighted by molar-refractivity contribution is 5.73. The normalized spacial score (nSPS) is 12.9. The molecule has 0 aliphatic rings. The first-order valence-electron chi connectivity index (χ1n) is 8.07. The number of benzene rings is 1. The van der Waals surface area contributed by atoms with E-state index in [-0.39, 0.29) is 5.76 Å². The number of rotatable bonds is 8. The maximum absolute atomic E-state index is 11.8. The molecule has 0 bridgehead atoms. The molecule has 0 aliphatic heterocycles. The van der Waals surface area contributed by atoms with Gasteiger partial charge in [-0.25, -0.2) is 4.79 Å². The van der Waals surface area contributed by atoms with E-state index in [0.29, 0.717) is 18.2 Å². The van der Waals surface area contributed by atoms with Crippen LogP contribution in [-0.4, -0.2) is 11.1 Å². The summed E-state index contributed by atoms with van der Waals surface area (Å²) in [6, 6.07) is 6.47. The largest absolute Gasteiger partial charge is 0.419 e. The predicted octanol–water partition coefficient (Wildman–Crippen LogP) is 3.85. The van der Waals surface area contributed by atoms with Crippen LogP contribution in [0.15, 0.2) is 27.4 Å². The average molecular weight is 290 g/mol. The minimum atomic E-state index is -0.268. The van der Waals surface area contributed by atoms with Gasteiger partial charge in [0.2, 0.25) is 0 Å². The van der Waals surface area contributed by atoms with E-state index in [4.69, 9.17) is 4.42 Å². The highest BCUT2D eigenvalue weighted by Crippen LogP contribution is 2.24. The Morgan fingerprint density at radius 1 is 1.24 bits per heavy atom. The molecule has 1 aromatic carbocycles. The van der Waals surface area contributed by atoms with Crippen LogP contribution in [0.25, 0.3) is 11.1 Å². The molecule has 0 spiro atoms. The van der Waals surface area contributed by atoms with Crippen LogP contribution in [0.1, 0.15) is 58.1 Å². The summed E-state index contributed by atoms with van der Waals surface area (Å²) in [7, 11) is 0. The maximum Gasteiger partial charge on any atom is 0.419 e. The van der Waals surface area contributed by atoms with Crippen LogP contribution in [0.5, 0.6) is 0 Å². The number of hydrogen-bond acceptors (Lipinski definition) is 3. The van der Waals surface area contributed by atoms with Crippen molar-refractivity contribution < 1.29 is 4.42 Å². The number of aromatic nitrogens is 1. The lowest BCUT2D eigenvalue weighted by molar-refractivity contribution is 0.485. The van der Waals surface area contributed by atoms with E-state index in [9.17, 15) is 4.79 Å². The monoisotopic (exact) mass is 290 g/mol. The fourth-order valence-corrected chi connectivity index (χ4v) is 2.83. The second-order valence-electron chi connectivity index (χ2n) is 5.45. The van der Waals surface area contributed by atoms with Crippen molar-refractivity contribution in [2.75, 3.05) is 6.54 Å². The van der Waals surface area contributed by atoms with Gasteiger partial charge in [0.25, 0.3) is 0 Å². The Morgan fingerprint density at radius 3 is 2.71 bits per heavy atom. The number of hydrogen-bond donors (Lipinski definition) is 1. The van der Waals surface area contributed by atoms with Crippen molar-refractivity contribution in [1.82, 2.24) is 9.88 Å². The molecule has 0 saturated heterocycles. The molecule has 116 valence electrons. The lowest BCUT2D eigenvalue weighted by Gasteiger charge is -2.18. The third kappa shape index (κ3) is 3.56. The molecule has 1 atom stereocenters. The van der Waals surface area contributed by atoms with Gasteiger partial charge in [0.05, 0.1) is 5.52 Å². The molecule has 0 aliphatic carbocycles. The molecule has 21 heavy (non-hydrogen) atoms. The fourth-order valence-electron chi connectivity index (χ4n) is 2.83. The molecule has 1 aromatic heterocycles. The molecule has 1 unspecified atom stereocenters. The summed E-state index contributed by atoms with van der Waals surface area (Å²) in [5.74, 6) is -0.268. The Morgan fingerprint density at radius 2 is 2.05 bits per heavy atom. The number of nitrogens with one attached hydrogen (secondary N) is 1. The topological polar surface area (TPSA) is 47.2 Å². The average Bonchev–Trinajstić information content (AvgIpc) is 2.80. The number of aryl methyl sites for hydroxylation is 1. The predicted molar refractivity (Wildman–Crippen MR) is 86.7 cm³/mol. The van der Waals surface area contributed by atoms with E-state index in [1.165, 1.54) is 24.8 Å². The van der Waals surface area contributed by atoms with Gasteiger partial charge in [-0.1, -0.05) is 39.2 Å². The maximum atomic E-state index is 11.8. The highest BCUT2D eigenvalue weighted by atomic mass is 16.4. The van der Waals surface area contributed by atoms with Crippen LogP contribution in [0.4, 0.5) is 0 Å². The van der Waals surface area contributed by atoms with Gasteiger partial charge in [0, 0.05) is 12.6 Å². The molecule has 1 heterocycles. The van der Waals surface area contributed by atoms with Gasteiger partial charge >= 0.3 is 5.76 Å². The lowest BCUT2D eigenvalue weighted by atomic mass is 10.00. The molecule has 0 fully saturated rings. The smallest absolute Gasteiger partial charge is 0.408 e. The number of fused-ring (bicyclic) bond motifs is 1. The number of nitrogens with zero attached hydrogens (tertiary/aromatic N) is 1. The molecule has 0 saturated carbocycles. The highest BCUT2D eigenvalue weighted by Gasteiger charge is 2.14. The summed E-state index contributed by atoms with van der Waals surface area (Å²) in [6.07, 6.45) is 4.82. The van der Waals surface area contributed by atoms with E-state index in [1.54, 1.807) is 4.57 Å². The van der Waals surface area contributed by atoms with Gasteiger partial charge in [-0.05, 0) is 37.6 Å². The summed E-state index contributed by atoms with van der Waals surface area (Å²) in [5, 5.41) is 3.53. The van der Waals surface area contributed by atoms with Crippen molar-refractivity contribution in [2.24, 2.45) is 0 Å². The van der Waals surface area contributed by atoms with Crippen LogP contribution in [0.3, 0.4) is 0 Å². The Kier molecular flexibility index (Phi) is 5.62. The quantitative estimate of drug-likeness (QED) is 0.751. The molecule has 4 heteroatoms. The van der Waals surface area contributed by atoms with E-state index < -0.39 is 0 Å². The lowest BCUT2D eigenvalue weighted by Crippen LogP contribution is -2.20. The number of oxazole rings is 1. The summed E-state index contributed by atoms with van der Waals surface area (Å²) in [6.45, 7) is 7.87. The molecule has 1 N–H and O–H groups in total. The molecule has 2 aromatic rings. The third-order valence-electron chi connectivity index (χ3n) is 3.96. The summed E-state index contributed by atoms with van der Waals surface area (Å²) >= 11 is 0. The second-order valence-corrected chi connectivity index (χ2v) is 5.45. The Hall–Kier alpha value is -1.55. The molecule has 0 amide bonds. The first kappa shape index (κ1) is 15.8. The van der Waals surface area contributed by atoms with Crippen molar-refractivity contribution in [3.8, 4) is 0 Å². The zero-order chi connectivity index (χ0) is 15.2. The van der Waals surface area contributed by atoms with Crippen LogP contribution in [0.2, 0.25) is 0 Å². The van der Waals surface area contributed by atoms with Crippen LogP contribution in [0, 0.1) is 0 Å². The van der Waals surface area contributed by atoms with Crippen LogP contribution in [-0.2, 0) is 6.54 Å². The van der Waals surface area contributed by atoms with Gasteiger partial charge in [0.1, 0.15) is 0 Å². The van der Waals surface area contributed by atoms with Crippen molar-refractivity contribution in [3.63, 3.8) is 0 Å². The van der Waals surface area contributed by atoms with E-state index in [1.807, 2.05) is 19.1 Å². The summed E-state index contributed by atoms with van der Waals surface area (Å²) in [5.41, 5.74) is 2.78. The molecule has 4 nitrogen and oxygen atoms in total. The van der Waals surface area contributed by atoms with E-state index in [2.05, 4.69) is 25.2 Å². The minimum absolute atomic E-state index is 0.268. The van der Waals surface area contributed by atoms with Crippen LogP contribution >= 0.6 is 0 Å². The third-order valence-corrected chi connectivity index (χ3v) is 3.96. The van der Waals surface area contributed by atoms with Gasteiger partial charge in [0.15, 0.2) is 5.58 Å². The van der Waals surface area contributed by atoms with E-state index in [0.717, 1.165) is 18.5 Å². The fraction of sp³-hybridized carbons (Fsp3) is 0.588. The van der Waals surface area contributed by atoms with Gasteiger partial charge in [-0.3, -0.25) is 4.57 Å². The second kappa shape index (κ2) is 7.46. The molecular formula is C17H26N2O2. The Labute approximate surface area is 126 Å². The zero-order valence-electron chi connectivity index (χ0n) is 13.3. The van der Waals surface area contributed by atoms with Gasteiger partial charge < -0.3 is 9.73 Å². The summed E-state index contributed by atoms with van der Waals surface area (Å²) < 4.78 is 7.03. The SMILES string of the molecule is CCCCCC(NCC)c1ccc2c(c1)oc(=O)n2CC. The van der Waals surface area contributed by atoms with E-state index >= 15 is 0 Å².